The third-order valence-corrected chi connectivity index (χ3v) is 5.03. The molecule has 0 amide bonds. The van der Waals surface area contributed by atoms with E-state index in [1.54, 1.807) is 29.1 Å². The van der Waals surface area contributed by atoms with Gasteiger partial charge in [0.05, 0.1) is 11.4 Å². The summed E-state index contributed by atoms with van der Waals surface area (Å²) >= 11 is 11.8. The molecule has 0 unspecified atom stereocenters. The molecule has 0 bridgehead atoms. The van der Waals surface area contributed by atoms with Crippen molar-refractivity contribution >= 4 is 38.9 Å². The number of halogens is 2. The van der Waals surface area contributed by atoms with Crippen molar-refractivity contribution in [2.45, 2.75) is 11.4 Å². The van der Waals surface area contributed by atoms with Crippen LogP contribution in [0.3, 0.4) is 0 Å². The highest BCUT2D eigenvalue weighted by Gasteiger charge is 2.16. The molecule has 124 valence electrons. The Morgan fingerprint density at radius 2 is 1.79 bits per heavy atom. The van der Waals surface area contributed by atoms with E-state index < -0.39 is 10.0 Å². The van der Waals surface area contributed by atoms with E-state index in [-0.39, 0.29) is 14.9 Å². The van der Waals surface area contributed by atoms with Crippen LogP contribution in [-0.4, -0.2) is 18.2 Å². The fourth-order valence-corrected chi connectivity index (χ4v) is 3.99. The summed E-state index contributed by atoms with van der Waals surface area (Å²) in [6.07, 6.45) is 3.53. The van der Waals surface area contributed by atoms with Gasteiger partial charge in [-0.3, -0.25) is 9.40 Å². The Morgan fingerprint density at radius 3 is 2.46 bits per heavy atom. The molecule has 8 heteroatoms. The maximum Gasteiger partial charge on any atom is 0.261 e. The zero-order valence-electron chi connectivity index (χ0n) is 12.4. The molecular formula is C16H13Cl2N3O2S. The minimum atomic E-state index is -3.78. The zero-order valence-corrected chi connectivity index (χ0v) is 14.7. The van der Waals surface area contributed by atoms with Crippen LogP contribution in [0.2, 0.25) is 10.0 Å². The number of aromatic nitrogens is 2. The number of hydrogen-bond donors (Lipinski definition) is 1. The van der Waals surface area contributed by atoms with Crippen LogP contribution in [0.15, 0.2) is 65.8 Å². The van der Waals surface area contributed by atoms with Crippen molar-refractivity contribution in [2.75, 3.05) is 4.72 Å². The van der Waals surface area contributed by atoms with Crippen molar-refractivity contribution in [1.82, 2.24) is 9.78 Å². The molecule has 0 aliphatic carbocycles. The van der Waals surface area contributed by atoms with Gasteiger partial charge in [-0.15, -0.1) is 0 Å². The summed E-state index contributed by atoms with van der Waals surface area (Å²) in [6, 6.07) is 13.1. The Balaban J connectivity index is 1.84. The molecule has 0 atom stereocenters. The number of anilines is 1. The number of hydrogen-bond acceptors (Lipinski definition) is 3. The van der Waals surface area contributed by atoms with Crippen molar-refractivity contribution in [2.24, 2.45) is 0 Å². The van der Waals surface area contributed by atoms with Crippen molar-refractivity contribution < 1.29 is 8.42 Å². The summed E-state index contributed by atoms with van der Waals surface area (Å²) < 4.78 is 29.3. The predicted molar refractivity (Wildman–Crippen MR) is 95.0 cm³/mol. The lowest BCUT2D eigenvalue weighted by Gasteiger charge is -2.10. The Bertz CT molecular complexity index is 937. The topological polar surface area (TPSA) is 64.0 Å². The van der Waals surface area contributed by atoms with Crippen LogP contribution >= 0.6 is 23.2 Å². The normalized spacial score (nSPS) is 11.4. The maximum atomic E-state index is 12.5. The Hall–Kier alpha value is -2.02. The van der Waals surface area contributed by atoms with E-state index in [1.165, 1.54) is 18.2 Å². The molecule has 0 radical (unpaired) electrons. The number of nitrogens with one attached hydrogen (secondary N) is 1. The van der Waals surface area contributed by atoms with Crippen LogP contribution in [-0.2, 0) is 16.6 Å². The molecule has 0 aliphatic rings. The molecular weight excluding hydrogens is 369 g/mol. The van der Waals surface area contributed by atoms with E-state index in [2.05, 4.69) is 9.82 Å². The van der Waals surface area contributed by atoms with E-state index in [9.17, 15) is 8.42 Å². The first-order valence-electron chi connectivity index (χ1n) is 6.98. The largest absolute Gasteiger partial charge is 0.280 e. The van der Waals surface area contributed by atoms with E-state index >= 15 is 0 Å². The van der Waals surface area contributed by atoms with Crippen molar-refractivity contribution in [3.63, 3.8) is 0 Å². The predicted octanol–water partition coefficient (Wildman–Crippen LogP) is 4.04. The average molecular weight is 382 g/mol. The molecule has 5 nitrogen and oxygen atoms in total. The van der Waals surface area contributed by atoms with Gasteiger partial charge in [0.25, 0.3) is 10.0 Å². The van der Waals surface area contributed by atoms with Gasteiger partial charge < -0.3 is 0 Å². The van der Waals surface area contributed by atoms with Gasteiger partial charge in [-0.2, -0.15) is 5.10 Å². The first-order valence-corrected chi connectivity index (χ1v) is 9.21. The maximum absolute atomic E-state index is 12.5. The molecule has 1 heterocycles. The van der Waals surface area contributed by atoms with Gasteiger partial charge in [-0.1, -0.05) is 35.3 Å². The van der Waals surface area contributed by atoms with Crippen molar-refractivity contribution in [3.05, 3.63) is 76.5 Å². The summed E-state index contributed by atoms with van der Waals surface area (Å²) in [5.74, 6) is 0. The zero-order chi connectivity index (χ0) is 17.2. The SMILES string of the molecule is O=S(=O)(Nc1cccc(Cn2cccn2)c1)c1cc(Cl)cc(Cl)c1. The van der Waals surface area contributed by atoms with Gasteiger partial charge in [0.15, 0.2) is 0 Å². The van der Waals surface area contributed by atoms with E-state index in [4.69, 9.17) is 23.2 Å². The van der Waals surface area contributed by atoms with E-state index in [0.29, 0.717) is 12.2 Å². The van der Waals surface area contributed by atoms with E-state index in [1.807, 2.05) is 18.3 Å². The molecule has 3 rings (SSSR count). The fourth-order valence-electron chi connectivity index (χ4n) is 2.21. The van der Waals surface area contributed by atoms with Gasteiger partial charge in [0.1, 0.15) is 0 Å². The van der Waals surface area contributed by atoms with Crippen molar-refractivity contribution in [1.29, 1.82) is 0 Å². The molecule has 0 saturated heterocycles. The molecule has 2 aromatic carbocycles. The lowest BCUT2D eigenvalue weighted by molar-refractivity contribution is 0.601. The smallest absolute Gasteiger partial charge is 0.261 e. The molecule has 3 aromatic rings. The highest BCUT2D eigenvalue weighted by molar-refractivity contribution is 7.92. The second kappa shape index (κ2) is 6.84. The highest BCUT2D eigenvalue weighted by atomic mass is 35.5. The monoisotopic (exact) mass is 381 g/mol. The molecule has 0 fully saturated rings. The lowest BCUT2D eigenvalue weighted by Crippen LogP contribution is -2.13. The summed E-state index contributed by atoms with van der Waals surface area (Å²) in [5.41, 5.74) is 1.37. The fraction of sp³-hybridized carbons (Fsp3) is 0.0625. The van der Waals surface area contributed by atoms with Crippen LogP contribution in [0.5, 0.6) is 0 Å². The van der Waals surface area contributed by atoms with E-state index in [0.717, 1.165) is 5.56 Å². The second-order valence-corrected chi connectivity index (χ2v) is 7.67. The van der Waals surface area contributed by atoms with Crippen LogP contribution < -0.4 is 4.72 Å². The third kappa shape index (κ3) is 4.08. The first-order chi connectivity index (χ1) is 11.4. The van der Waals surface area contributed by atoms with Gasteiger partial charge >= 0.3 is 0 Å². The summed E-state index contributed by atoms with van der Waals surface area (Å²) in [7, 11) is -3.78. The Morgan fingerprint density at radius 1 is 1.04 bits per heavy atom. The lowest BCUT2D eigenvalue weighted by atomic mass is 10.2. The quantitative estimate of drug-likeness (QED) is 0.725. The van der Waals surface area contributed by atoms with Crippen LogP contribution in [0.1, 0.15) is 5.56 Å². The number of rotatable bonds is 5. The summed E-state index contributed by atoms with van der Waals surface area (Å²) in [6.45, 7) is 0.547. The first kappa shape index (κ1) is 16.8. The Labute approximate surface area is 149 Å². The molecule has 0 aliphatic heterocycles. The van der Waals surface area contributed by atoms with Gasteiger partial charge in [-0.05, 0) is 42.0 Å². The second-order valence-electron chi connectivity index (χ2n) is 5.11. The molecule has 0 saturated carbocycles. The number of sulfonamides is 1. The molecule has 1 N–H and O–H groups in total. The van der Waals surface area contributed by atoms with Crippen LogP contribution in [0.4, 0.5) is 5.69 Å². The third-order valence-electron chi connectivity index (χ3n) is 3.23. The highest BCUT2D eigenvalue weighted by Crippen LogP contribution is 2.24. The van der Waals surface area contributed by atoms with Crippen LogP contribution in [0, 0.1) is 0 Å². The van der Waals surface area contributed by atoms with Crippen molar-refractivity contribution in [3.8, 4) is 0 Å². The molecule has 1 aromatic heterocycles. The van der Waals surface area contributed by atoms with Gasteiger partial charge in [-0.25, -0.2) is 8.42 Å². The van der Waals surface area contributed by atoms with Gasteiger partial charge in [0, 0.05) is 28.1 Å². The summed E-state index contributed by atoms with van der Waals surface area (Å²) in [5, 5.41) is 4.65. The van der Waals surface area contributed by atoms with Gasteiger partial charge in [0.2, 0.25) is 0 Å². The number of nitrogens with zero attached hydrogens (tertiary/aromatic N) is 2. The van der Waals surface area contributed by atoms with Crippen LogP contribution in [0.25, 0.3) is 0 Å². The number of benzene rings is 2. The summed E-state index contributed by atoms with van der Waals surface area (Å²) in [4.78, 5) is 0.0116. The molecule has 0 spiro atoms. The minimum Gasteiger partial charge on any atom is -0.280 e. The minimum absolute atomic E-state index is 0.0116. The Kier molecular flexibility index (Phi) is 4.80. The average Bonchev–Trinajstić information content (AvgIpc) is 2.99. The molecule has 24 heavy (non-hydrogen) atoms. The standard InChI is InChI=1S/C16H13Cl2N3O2S/c17-13-8-14(18)10-16(9-13)24(22,23)20-15-4-1-3-12(7-15)11-21-6-2-5-19-21/h1-10,20H,11H2.